The zero-order valence-electron chi connectivity index (χ0n) is 10.8. The standard InChI is InChI=1S/C12H10F3N3O2S/c1-18(11-16-10(17-21-11)12(13,14)15)6-7-2-4-8(5-3-7)9(19)20/h2-5H,6H2,1H3,(H,19,20). The van der Waals surface area contributed by atoms with Gasteiger partial charge in [0.25, 0.3) is 0 Å². The van der Waals surface area contributed by atoms with Gasteiger partial charge in [-0.3, -0.25) is 0 Å². The minimum absolute atomic E-state index is 0.143. The number of carbonyl (C=O) groups is 1. The average molecular weight is 317 g/mol. The van der Waals surface area contributed by atoms with Crippen LogP contribution in [0.15, 0.2) is 24.3 Å². The summed E-state index contributed by atoms with van der Waals surface area (Å²) in [5.41, 5.74) is 0.905. The summed E-state index contributed by atoms with van der Waals surface area (Å²) in [5, 5.41) is 8.92. The summed E-state index contributed by atoms with van der Waals surface area (Å²) >= 11 is 0.663. The monoisotopic (exact) mass is 317 g/mol. The number of nitrogens with zero attached hydrogens (tertiary/aromatic N) is 3. The molecular weight excluding hydrogens is 307 g/mol. The van der Waals surface area contributed by atoms with Crippen LogP contribution in [-0.4, -0.2) is 27.5 Å². The van der Waals surface area contributed by atoms with Gasteiger partial charge in [-0.1, -0.05) is 12.1 Å². The van der Waals surface area contributed by atoms with Crippen LogP contribution in [0.4, 0.5) is 18.3 Å². The zero-order chi connectivity index (χ0) is 15.6. The third-order valence-corrected chi connectivity index (χ3v) is 3.45. The maximum Gasteiger partial charge on any atom is 0.452 e. The van der Waals surface area contributed by atoms with Gasteiger partial charge >= 0.3 is 12.1 Å². The van der Waals surface area contributed by atoms with Crippen molar-refractivity contribution in [3.63, 3.8) is 0 Å². The van der Waals surface area contributed by atoms with Crippen molar-refractivity contribution in [2.45, 2.75) is 12.7 Å². The molecule has 0 saturated heterocycles. The second-order valence-corrected chi connectivity index (χ2v) is 4.99. The van der Waals surface area contributed by atoms with Crippen LogP contribution in [0.2, 0.25) is 0 Å². The smallest absolute Gasteiger partial charge is 0.452 e. The van der Waals surface area contributed by atoms with E-state index in [1.165, 1.54) is 17.0 Å². The van der Waals surface area contributed by atoms with E-state index in [4.69, 9.17) is 5.11 Å². The van der Waals surface area contributed by atoms with Crippen molar-refractivity contribution in [3.8, 4) is 0 Å². The van der Waals surface area contributed by atoms with E-state index in [0.29, 0.717) is 18.1 Å². The van der Waals surface area contributed by atoms with Gasteiger partial charge in [-0.05, 0) is 17.7 Å². The number of aromatic nitrogens is 2. The molecule has 2 aromatic rings. The molecule has 0 spiro atoms. The molecular formula is C12H10F3N3O2S. The fourth-order valence-corrected chi connectivity index (χ4v) is 2.22. The van der Waals surface area contributed by atoms with Gasteiger partial charge in [-0.25, -0.2) is 4.79 Å². The van der Waals surface area contributed by atoms with Crippen LogP contribution in [-0.2, 0) is 12.7 Å². The Morgan fingerprint density at radius 2 is 1.95 bits per heavy atom. The van der Waals surface area contributed by atoms with Crippen molar-refractivity contribution in [2.24, 2.45) is 0 Å². The molecule has 1 aromatic heterocycles. The Bertz CT molecular complexity index is 640. The summed E-state index contributed by atoms with van der Waals surface area (Å²) in [5.74, 6) is -2.19. The molecule has 9 heteroatoms. The summed E-state index contributed by atoms with van der Waals surface area (Å²) < 4.78 is 40.5. The molecule has 0 aliphatic heterocycles. The molecule has 0 radical (unpaired) electrons. The van der Waals surface area contributed by atoms with Crippen LogP contribution < -0.4 is 4.90 Å². The first-order chi connectivity index (χ1) is 9.77. The molecule has 1 N–H and O–H groups in total. The van der Waals surface area contributed by atoms with Gasteiger partial charge in [-0.2, -0.15) is 22.5 Å². The van der Waals surface area contributed by atoms with Crippen molar-refractivity contribution < 1.29 is 23.1 Å². The normalized spacial score (nSPS) is 11.4. The van der Waals surface area contributed by atoms with Gasteiger partial charge < -0.3 is 10.0 Å². The van der Waals surface area contributed by atoms with Crippen molar-refractivity contribution in [1.82, 2.24) is 9.36 Å². The van der Waals surface area contributed by atoms with Crippen LogP contribution in [0.5, 0.6) is 0 Å². The van der Waals surface area contributed by atoms with Crippen molar-refractivity contribution in [3.05, 3.63) is 41.2 Å². The Morgan fingerprint density at radius 1 is 1.33 bits per heavy atom. The maximum absolute atomic E-state index is 12.4. The molecule has 0 aliphatic carbocycles. The number of aromatic carboxylic acids is 1. The Balaban J connectivity index is 2.09. The molecule has 21 heavy (non-hydrogen) atoms. The highest BCUT2D eigenvalue weighted by Gasteiger charge is 2.36. The van der Waals surface area contributed by atoms with Gasteiger partial charge in [0.2, 0.25) is 11.0 Å². The highest BCUT2D eigenvalue weighted by molar-refractivity contribution is 7.09. The second-order valence-electron chi connectivity index (χ2n) is 4.26. The molecule has 0 atom stereocenters. The first-order valence-corrected chi connectivity index (χ1v) is 6.49. The van der Waals surface area contributed by atoms with Crippen LogP contribution in [0.3, 0.4) is 0 Å². The Kier molecular flexibility index (Phi) is 4.12. The van der Waals surface area contributed by atoms with E-state index in [0.717, 1.165) is 5.56 Å². The van der Waals surface area contributed by atoms with Gasteiger partial charge in [0.05, 0.1) is 5.56 Å². The number of anilines is 1. The average Bonchev–Trinajstić information content (AvgIpc) is 2.88. The van der Waals surface area contributed by atoms with Crippen molar-refractivity contribution >= 4 is 22.6 Å². The van der Waals surface area contributed by atoms with E-state index in [-0.39, 0.29) is 10.7 Å². The van der Waals surface area contributed by atoms with E-state index in [1.807, 2.05) is 0 Å². The van der Waals surface area contributed by atoms with E-state index in [9.17, 15) is 18.0 Å². The SMILES string of the molecule is CN(Cc1ccc(C(=O)O)cc1)c1nc(C(F)(F)F)ns1. The van der Waals surface area contributed by atoms with E-state index in [1.54, 1.807) is 19.2 Å². The highest BCUT2D eigenvalue weighted by atomic mass is 32.1. The molecule has 0 aliphatic rings. The summed E-state index contributed by atoms with van der Waals surface area (Å²) in [6.07, 6.45) is -4.56. The molecule has 0 unspecified atom stereocenters. The fourth-order valence-electron chi connectivity index (χ4n) is 1.58. The maximum atomic E-state index is 12.4. The molecule has 112 valence electrons. The molecule has 2 rings (SSSR count). The van der Waals surface area contributed by atoms with Gasteiger partial charge in [-0.15, -0.1) is 0 Å². The minimum Gasteiger partial charge on any atom is -0.478 e. The molecule has 0 bridgehead atoms. The number of carboxylic acid groups (broad SMARTS) is 1. The van der Waals surface area contributed by atoms with Crippen molar-refractivity contribution in [1.29, 1.82) is 0 Å². The number of hydrogen-bond donors (Lipinski definition) is 1. The summed E-state index contributed by atoms with van der Waals surface area (Å²) in [6.45, 7) is 0.298. The van der Waals surface area contributed by atoms with Gasteiger partial charge in [0.15, 0.2) is 0 Å². The Morgan fingerprint density at radius 3 is 2.43 bits per heavy atom. The first-order valence-electron chi connectivity index (χ1n) is 5.71. The molecule has 5 nitrogen and oxygen atoms in total. The van der Waals surface area contributed by atoms with Gasteiger partial charge in [0.1, 0.15) is 0 Å². The van der Waals surface area contributed by atoms with Crippen molar-refractivity contribution in [2.75, 3.05) is 11.9 Å². The lowest BCUT2D eigenvalue weighted by Gasteiger charge is -2.15. The largest absolute Gasteiger partial charge is 0.478 e. The number of alkyl halides is 3. The minimum atomic E-state index is -4.56. The molecule has 1 aromatic carbocycles. The summed E-state index contributed by atoms with van der Waals surface area (Å²) in [6, 6.07) is 6.08. The predicted octanol–water partition coefficient (Wildman–Crippen LogP) is 2.89. The van der Waals surface area contributed by atoms with Crippen LogP contribution in [0.1, 0.15) is 21.7 Å². The number of rotatable bonds is 4. The zero-order valence-corrected chi connectivity index (χ0v) is 11.6. The van der Waals surface area contributed by atoms with E-state index >= 15 is 0 Å². The highest BCUT2D eigenvalue weighted by Crippen LogP contribution is 2.30. The third kappa shape index (κ3) is 3.69. The van der Waals surface area contributed by atoms with Crippen LogP contribution in [0.25, 0.3) is 0 Å². The lowest BCUT2D eigenvalue weighted by molar-refractivity contribution is -0.144. The first kappa shape index (κ1) is 15.2. The fraction of sp³-hybridized carbons (Fsp3) is 0.250. The number of halogens is 3. The lowest BCUT2D eigenvalue weighted by Crippen LogP contribution is -2.17. The van der Waals surface area contributed by atoms with Gasteiger partial charge in [0, 0.05) is 25.1 Å². The summed E-state index contributed by atoms with van der Waals surface area (Å²) in [4.78, 5) is 15.7. The number of hydrogen-bond acceptors (Lipinski definition) is 5. The Labute approximate surface area is 121 Å². The lowest BCUT2D eigenvalue weighted by atomic mass is 10.1. The molecule has 0 amide bonds. The number of benzene rings is 1. The predicted molar refractivity (Wildman–Crippen MR) is 70.4 cm³/mol. The topological polar surface area (TPSA) is 66.3 Å². The van der Waals surface area contributed by atoms with E-state index < -0.39 is 18.0 Å². The molecule has 1 heterocycles. The second kappa shape index (κ2) is 5.68. The van der Waals surface area contributed by atoms with Crippen LogP contribution in [0, 0.1) is 0 Å². The quantitative estimate of drug-likeness (QED) is 0.939. The molecule has 0 fully saturated rings. The Hall–Kier alpha value is -2.16. The summed E-state index contributed by atoms with van der Waals surface area (Å²) in [7, 11) is 1.59. The van der Waals surface area contributed by atoms with E-state index in [2.05, 4.69) is 9.36 Å². The third-order valence-electron chi connectivity index (χ3n) is 2.62. The molecule has 0 saturated carbocycles. The number of carboxylic acids is 1. The van der Waals surface area contributed by atoms with Crippen LogP contribution >= 0.6 is 11.5 Å².